The fourth-order valence-electron chi connectivity index (χ4n) is 13.8. The molecule has 2 amide bonds. The Balaban J connectivity index is 1.81. The number of hydrogen-bond donors (Lipinski definition) is 1. The van der Waals surface area contributed by atoms with Crippen molar-refractivity contribution in [1.29, 1.82) is 0 Å². The Bertz CT molecular complexity index is 1750. The lowest BCUT2D eigenvalue weighted by molar-refractivity contribution is -0.150. The van der Waals surface area contributed by atoms with Gasteiger partial charge in [0.2, 0.25) is 0 Å². The molecule has 0 atom stereocenters. The number of piperazine rings is 2. The summed E-state index contributed by atoms with van der Waals surface area (Å²) in [5.74, 6) is -0.806. The molecule has 0 radical (unpaired) electrons. The normalized spacial score (nSPS) is 14.1. The van der Waals surface area contributed by atoms with Gasteiger partial charge in [-0.25, -0.2) is 4.79 Å². The minimum atomic E-state index is -0.710. The number of ether oxygens (including phenoxy) is 3. The number of carbonyl (C=O) groups excluding carboxylic acids is 4. The Labute approximate surface area is 585 Å². The van der Waals surface area contributed by atoms with Crippen LogP contribution in [0.5, 0.6) is 0 Å². The number of carboxylic acids is 1. The minimum absolute atomic E-state index is 0.00574. The van der Waals surface area contributed by atoms with Crippen molar-refractivity contribution in [3.8, 4) is 0 Å². The summed E-state index contributed by atoms with van der Waals surface area (Å²) in [6, 6.07) is 0.184. The number of esters is 3. The Morgan fingerprint density at radius 1 is 0.316 bits per heavy atom. The summed E-state index contributed by atoms with van der Waals surface area (Å²) in [4.78, 5) is 77.6. The van der Waals surface area contributed by atoms with Crippen LogP contribution in [0.4, 0.5) is 4.79 Å². The highest BCUT2D eigenvalue weighted by Crippen LogP contribution is 2.20. The molecule has 0 aliphatic carbocycles. The Morgan fingerprint density at radius 2 is 0.589 bits per heavy atom. The minimum Gasteiger partial charge on any atom is -0.481 e. The summed E-state index contributed by atoms with van der Waals surface area (Å²) in [7, 11) is 0. The van der Waals surface area contributed by atoms with Crippen LogP contribution in [0.25, 0.3) is 0 Å². The molecule has 0 unspecified atom stereocenters. The number of rotatable bonds is 69. The van der Waals surface area contributed by atoms with Crippen LogP contribution in [-0.4, -0.2) is 188 Å². The van der Waals surface area contributed by atoms with Gasteiger partial charge in [0.1, 0.15) is 6.10 Å². The molecular formula is C80H154N6O9. The van der Waals surface area contributed by atoms with E-state index in [0.29, 0.717) is 32.5 Å². The topological polar surface area (TPSA) is 153 Å². The summed E-state index contributed by atoms with van der Waals surface area (Å²) >= 11 is 0. The van der Waals surface area contributed by atoms with Crippen molar-refractivity contribution >= 4 is 29.9 Å². The van der Waals surface area contributed by atoms with Gasteiger partial charge in [-0.05, 0) is 116 Å². The van der Waals surface area contributed by atoms with Crippen molar-refractivity contribution in [3.63, 3.8) is 0 Å². The van der Waals surface area contributed by atoms with Crippen molar-refractivity contribution in [1.82, 2.24) is 29.4 Å². The maximum Gasteiger partial charge on any atom is 0.320 e. The van der Waals surface area contributed by atoms with Crippen LogP contribution in [0.2, 0.25) is 0 Å². The molecular weight excluding hydrogens is 1190 g/mol. The second-order valence-corrected chi connectivity index (χ2v) is 29.0. The predicted molar refractivity (Wildman–Crippen MR) is 397 cm³/mol. The number of carbonyl (C=O) groups is 5. The molecule has 2 saturated heterocycles. The van der Waals surface area contributed by atoms with E-state index in [1.165, 1.54) is 154 Å². The number of amides is 2. The quantitative estimate of drug-likeness (QED) is 0.0350. The van der Waals surface area contributed by atoms with Crippen LogP contribution in [0.15, 0.2) is 0 Å². The first-order valence-electron chi connectivity index (χ1n) is 41.2. The van der Waals surface area contributed by atoms with Crippen LogP contribution in [0.1, 0.15) is 362 Å². The van der Waals surface area contributed by atoms with Gasteiger partial charge >= 0.3 is 29.9 Å². The van der Waals surface area contributed by atoms with E-state index in [4.69, 9.17) is 19.3 Å². The Hall–Kier alpha value is -3.01. The van der Waals surface area contributed by atoms with Gasteiger partial charge in [0, 0.05) is 104 Å². The highest BCUT2D eigenvalue weighted by atomic mass is 16.5. The molecule has 2 fully saturated rings. The van der Waals surface area contributed by atoms with E-state index in [9.17, 15) is 24.0 Å². The smallest absolute Gasteiger partial charge is 0.320 e. The third kappa shape index (κ3) is 54.5. The zero-order valence-electron chi connectivity index (χ0n) is 63.0. The number of hydrogen-bond acceptors (Lipinski definition) is 12. The predicted octanol–water partition coefficient (Wildman–Crippen LogP) is 19.4. The zero-order valence-corrected chi connectivity index (χ0v) is 63.0. The second-order valence-electron chi connectivity index (χ2n) is 29.0. The molecule has 0 bridgehead atoms. The van der Waals surface area contributed by atoms with Crippen LogP contribution >= 0.6 is 0 Å². The first kappa shape index (κ1) is 88.1. The molecule has 15 nitrogen and oxygen atoms in total. The average Bonchev–Trinajstić information content (AvgIpc) is 1.06. The number of aliphatic carboxylic acids is 1. The molecule has 0 aromatic heterocycles. The molecule has 95 heavy (non-hydrogen) atoms. The van der Waals surface area contributed by atoms with E-state index in [1.54, 1.807) is 0 Å². The lowest BCUT2D eigenvalue weighted by Crippen LogP contribution is -2.57. The van der Waals surface area contributed by atoms with Gasteiger partial charge in [-0.1, -0.05) is 246 Å². The van der Waals surface area contributed by atoms with Crippen molar-refractivity contribution in [2.45, 2.75) is 368 Å². The van der Waals surface area contributed by atoms with Gasteiger partial charge in [0.15, 0.2) is 0 Å². The van der Waals surface area contributed by atoms with Crippen molar-refractivity contribution < 1.29 is 43.3 Å². The molecule has 2 aliphatic heterocycles. The molecule has 2 heterocycles. The number of carboxylic acid groups (broad SMARTS) is 1. The van der Waals surface area contributed by atoms with Gasteiger partial charge in [-0.15, -0.1) is 0 Å². The summed E-state index contributed by atoms with van der Waals surface area (Å²) < 4.78 is 17.4. The molecule has 0 spiro atoms. The van der Waals surface area contributed by atoms with Crippen LogP contribution in [-0.2, 0) is 33.4 Å². The van der Waals surface area contributed by atoms with Gasteiger partial charge in [0.25, 0.3) is 0 Å². The standard InChI is InChI=1S/C80H154N6O9/c1-5-9-13-17-21-23-25-35-49-73-93-77(89)54-43-37-47-59-81(57-45-33-27-31-41-53-76(87)88)61-63-83-65-69-85(70-66-83)80(92)86-71-67-84(68-72-86)64-62-82(60-48-38-44-55-78(90)94-74-50-36-26-24-22-18-14-10-6-2)58-46-34-28-32-42-56-79(91)95-75(51-39-29-19-15-11-7-3)52-40-30-20-16-12-8-4/h75H,5-74H2,1-4H3,(H,87,88). The third-order valence-corrected chi connectivity index (χ3v) is 20.3. The second kappa shape index (κ2) is 65.6. The van der Waals surface area contributed by atoms with Gasteiger partial charge in [-0.2, -0.15) is 0 Å². The maximum absolute atomic E-state index is 14.0. The lowest BCUT2D eigenvalue weighted by atomic mass is 10.0. The van der Waals surface area contributed by atoms with E-state index in [1.807, 2.05) is 0 Å². The highest BCUT2D eigenvalue weighted by molar-refractivity contribution is 5.74. The van der Waals surface area contributed by atoms with Crippen LogP contribution in [0.3, 0.4) is 0 Å². The van der Waals surface area contributed by atoms with E-state index >= 15 is 0 Å². The lowest BCUT2D eigenvalue weighted by Gasteiger charge is -2.41. The third-order valence-electron chi connectivity index (χ3n) is 20.3. The van der Waals surface area contributed by atoms with Crippen LogP contribution < -0.4 is 0 Å². The number of unbranched alkanes of at least 4 members (excludes halogenated alkanes) is 38. The Morgan fingerprint density at radius 3 is 0.926 bits per heavy atom. The van der Waals surface area contributed by atoms with Crippen LogP contribution in [0, 0.1) is 0 Å². The zero-order chi connectivity index (χ0) is 68.5. The van der Waals surface area contributed by atoms with Gasteiger partial charge in [0.05, 0.1) is 13.2 Å². The Kier molecular flexibility index (Phi) is 60.8. The van der Waals surface area contributed by atoms with Gasteiger partial charge in [-0.3, -0.25) is 29.0 Å². The molecule has 2 aliphatic rings. The van der Waals surface area contributed by atoms with Crippen molar-refractivity contribution in [3.05, 3.63) is 0 Å². The summed E-state index contributed by atoms with van der Waals surface area (Å²) in [6.45, 7) is 24.8. The summed E-state index contributed by atoms with van der Waals surface area (Å²) in [5, 5.41) is 9.05. The van der Waals surface area contributed by atoms with Crippen molar-refractivity contribution in [2.75, 3.05) is 118 Å². The SMILES string of the molecule is CCCCCCCCCCCOC(=O)CCCCCN(CCCCCCCC(=O)O)CCN1CCN(C(=O)N2CCN(CCN(CCCCCCCC(=O)OC(CCCCCCCC)CCCCCCCC)CCCCCC(=O)OCCCCCCCCCCC)CC2)CC1. The van der Waals surface area contributed by atoms with E-state index in [2.05, 4.69) is 57.1 Å². The monoisotopic (exact) mass is 1340 g/mol. The fourth-order valence-corrected chi connectivity index (χ4v) is 13.8. The average molecular weight is 1340 g/mol. The molecule has 15 heteroatoms. The first-order chi connectivity index (χ1) is 46.6. The van der Waals surface area contributed by atoms with Crippen molar-refractivity contribution in [2.24, 2.45) is 0 Å². The first-order valence-corrected chi connectivity index (χ1v) is 41.2. The number of urea groups is 1. The summed E-state index contributed by atoms with van der Waals surface area (Å²) in [5.41, 5.74) is 0. The van der Waals surface area contributed by atoms with E-state index in [0.717, 1.165) is 259 Å². The maximum atomic E-state index is 14.0. The summed E-state index contributed by atoms with van der Waals surface area (Å²) in [6.07, 6.45) is 58.0. The highest BCUT2D eigenvalue weighted by Gasteiger charge is 2.28. The largest absolute Gasteiger partial charge is 0.481 e. The molecule has 0 aromatic rings. The molecule has 1 N–H and O–H groups in total. The number of nitrogens with zero attached hydrogens (tertiary/aromatic N) is 6. The van der Waals surface area contributed by atoms with E-state index in [-0.39, 0.29) is 36.5 Å². The molecule has 0 saturated carbocycles. The molecule has 558 valence electrons. The van der Waals surface area contributed by atoms with E-state index < -0.39 is 5.97 Å². The molecule has 0 aromatic carbocycles. The molecule has 2 rings (SSSR count). The fraction of sp³-hybridized carbons (Fsp3) is 0.938. The van der Waals surface area contributed by atoms with Gasteiger partial charge < -0.3 is 38.9 Å².